The van der Waals surface area contributed by atoms with Crippen molar-refractivity contribution in [1.29, 1.82) is 0 Å². The van der Waals surface area contributed by atoms with Gasteiger partial charge in [-0.15, -0.1) is 4.80 Å². The summed E-state index contributed by atoms with van der Waals surface area (Å²) >= 11 is 12.7. The summed E-state index contributed by atoms with van der Waals surface area (Å²) in [5.74, 6) is 0.0930. The Bertz CT molecular complexity index is 2340. The molecule has 5 aromatic rings. The number of halogens is 2. The molecule has 19 heteroatoms. The molecule has 8 rings (SSSR count). The molecule has 1 unspecified atom stereocenters. The summed E-state index contributed by atoms with van der Waals surface area (Å²) in [6.45, 7) is 6.53. The Kier molecular flexibility index (Phi) is 11.8. The molecule has 0 bridgehead atoms. The van der Waals surface area contributed by atoms with Crippen LogP contribution in [-0.2, 0) is 14.4 Å². The fourth-order valence-electron chi connectivity index (χ4n) is 8.37. The van der Waals surface area contributed by atoms with Gasteiger partial charge in [0, 0.05) is 50.8 Å². The van der Waals surface area contributed by atoms with Gasteiger partial charge in [0.1, 0.15) is 0 Å². The highest BCUT2D eigenvalue weighted by molar-refractivity contribution is 6.32. The third-order valence-electron chi connectivity index (χ3n) is 11.7. The average Bonchev–Trinajstić information content (AvgIpc) is 3.90. The first-order valence-corrected chi connectivity index (χ1v) is 20.6. The first-order valence-electron chi connectivity index (χ1n) is 19.8. The van der Waals surface area contributed by atoms with Gasteiger partial charge in [-0.05, 0) is 81.8 Å². The number of piperidine rings is 3. The molecule has 0 radical (unpaired) electrons. The summed E-state index contributed by atoms with van der Waals surface area (Å²) in [7, 11) is 1.78. The van der Waals surface area contributed by atoms with Gasteiger partial charge in [0.15, 0.2) is 16.6 Å². The highest BCUT2D eigenvalue weighted by Gasteiger charge is 2.33. The van der Waals surface area contributed by atoms with E-state index in [-0.39, 0.29) is 39.7 Å². The monoisotopic (exact) mass is 841 g/mol. The number of aromatic nitrogens is 7. The molecule has 0 spiro atoms. The van der Waals surface area contributed by atoms with E-state index < -0.39 is 12.1 Å². The number of fused-ring (bicyclic) bond motifs is 1. The van der Waals surface area contributed by atoms with Gasteiger partial charge in [0.2, 0.25) is 17.7 Å². The molecule has 2 atom stereocenters. The third kappa shape index (κ3) is 8.87. The Balaban J connectivity index is 0.842. The van der Waals surface area contributed by atoms with E-state index in [1.807, 2.05) is 19.1 Å². The molecule has 17 nitrogen and oxygen atoms in total. The van der Waals surface area contributed by atoms with Crippen LogP contribution in [0.5, 0.6) is 0 Å². The first kappa shape index (κ1) is 40.1. The molecule has 0 saturated carbocycles. The van der Waals surface area contributed by atoms with E-state index in [9.17, 15) is 19.2 Å². The molecule has 3 fully saturated rings. The molecule has 4 aromatic heterocycles. The number of hydrogen-bond donors (Lipinski definition) is 3. The molecular formula is C40H45Cl2N13O4. The Morgan fingerprint density at radius 2 is 1.66 bits per heavy atom. The van der Waals surface area contributed by atoms with Gasteiger partial charge < -0.3 is 25.3 Å². The predicted octanol–water partition coefficient (Wildman–Crippen LogP) is 5.32. The van der Waals surface area contributed by atoms with Crippen LogP contribution < -0.4 is 20.9 Å². The van der Waals surface area contributed by atoms with Crippen LogP contribution in [0.4, 0.5) is 21.9 Å². The molecule has 1 aromatic carbocycles. The van der Waals surface area contributed by atoms with Crippen molar-refractivity contribution in [2.24, 2.45) is 11.8 Å². The molecule has 3 saturated heterocycles. The van der Waals surface area contributed by atoms with Crippen molar-refractivity contribution in [2.75, 3.05) is 55.3 Å². The number of hydrogen-bond acceptors (Lipinski definition) is 11. The number of imide groups is 1. The molecule has 3 aliphatic rings. The van der Waals surface area contributed by atoms with Crippen LogP contribution in [-0.4, -0.2) is 108 Å². The van der Waals surface area contributed by atoms with E-state index in [0.717, 1.165) is 69.7 Å². The second kappa shape index (κ2) is 17.3. The number of carbonyl (C=O) groups excluding carboxylic acids is 4. The van der Waals surface area contributed by atoms with E-state index in [0.29, 0.717) is 47.3 Å². The van der Waals surface area contributed by atoms with Crippen LogP contribution >= 0.6 is 23.2 Å². The fraction of sp³-hybridized carbons (Fsp3) is 0.425. The van der Waals surface area contributed by atoms with Crippen molar-refractivity contribution in [2.45, 2.75) is 57.4 Å². The standard InChI is InChI=1S/C40H45Cl2N13O4/c1-24(36-32(22-43-34-20-33(42)50-54(34)36)48-40(59)47-28-19-31(41)37(44-21-28)55-45-13-14-46-55)51(2)39(58)27-11-15-52(16-12-27)23-25-9-17-53(18-10-25)29-5-3-26(4-6-29)30-7-8-35(56)49-38(30)57/h3-6,13-14,19-22,24-25,27,30H,7-12,15-18,23H2,1-2H3,(H2,47,48,59)(H,49,56,57)/t24-,30?/m1/s1. The molecule has 7 heterocycles. The number of benzene rings is 1. The van der Waals surface area contributed by atoms with E-state index >= 15 is 0 Å². The summed E-state index contributed by atoms with van der Waals surface area (Å²) < 4.78 is 1.56. The second-order valence-electron chi connectivity index (χ2n) is 15.4. The lowest BCUT2D eigenvalue weighted by Gasteiger charge is -2.39. The largest absolute Gasteiger partial charge is 0.372 e. The van der Waals surface area contributed by atoms with Gasteiger partial charge in [-0.1, -0.05) is 35.3 Å². The molecule has 59 heavy (non-hydrogen) atoms. The Morgan fingerprint density at radius 3 is 2.36 bits per heavy atom. The molecule has 3 aliphatic heterocycles. The van der Waals surface area contributed by atoms with Crippen molar-refractivity contribution in [1.82, 2.24) is 49.7 Å². The maximum atomic E-state index is 14.0. The van der Waals surface area contributed by atoms with E-state index in [4.69, 9.17) is 23.2 Å². The highest BCUT2D eigenvalue weighted by atomic mass is 35.5. The minimum atomic E-state index is -0.576. The summed E-state index contributed by atoms with van der Waals surface area (Å²) in [6.07, 6.45) is 10.6. The normalized spacial score (nSPS) is 18.8. The zero-order valence-corrected chi connectivity index (χ0v) is 34.2. The number of urea groups is 1. The van der Waals surface area contributed by atoms with Crippen LogP contribution in [0.15, 0.2) is 61.2 Å². The molecule has 308 valence electrons. The van der Waals surface area contributed by atoms with Crippen LogP contribution in [0, 0.1) is 11.8 Å². The predicted molar refractivity (Wildman–Crippen MR) is 222 cm³/mol. The van der Waals surface area contributed by atoms with E-state index in [1.165, 1.54) is 29.6 Å². The first-order chi connectivity index (χ1) is 28.5. The van der Waals surface area contributed by atoms with Crippen LogP contribution in [0.1, 0.15) is 68.7 Å². The maximum Gasteiger partial charge on any atom is 0.323 e. The van der Waals surface area contributed by atoms with Gasteiger partial charge in [-0.3, -0.25) is 19.7 Å². The van der Waals surface area contributed by atoms with Gasteiger partial charge in [0.05, 0.1) is 58.8 Å². The zero-order chi connectivity index (χ0) is 41.2. The Labute approximate surface area is 350 Å². The number of nitrogens with zero attached hydrogens (tertiary/aromatic N) is 10. The third-order valence-corrected chi connectivity index (χ3v) is 12.2. The van der Waals surface area contributed by atoms with Crippen molar-refractivity contribution in [3.8, 4) is 5.82 Å². The number of pyridine rings is 1. The lowest BCUT2D eigenvalue weighted by molar-refractivity contribution is -0.138. The lowest BCUT2D eigenvalue weighted by Crippen LogP contribution is -2.45. The van der Waals surface area contributed by atoms with Gasteiger partial charge in [-0.25, -0.2) is 19.3 Å². The number of rotatable bonds is 10. The minimum absolute atomic E-state index is 0.0279. The Morgan fingerprint density at radius 1 is 0.932 bits per heavy atom. The van der Waals surface area contributed by atoms with Crippen molar-refractivity contribution < 1.29 is 19.2 Å². The number of anilines is 3. The summed E-state index contributed by atoms with van der Waals surface area (Å²) in [5, 5.41) is 21.0. The number of likely N-dealkylation sites (tertiary alicyclic amines) is 1. The second-order valence-corrected chi connectivity index (χ2v) is 16.2. The smallest absolute Gasteiger partial charge is 0.323 e. The molecule has 5 amide bonds. The average molecular weight is 843 g/mol. The summed E-state index contributed by atoms with van der Waals surface area (Å²) in [5.41, 5.74) is 3.81. The molecule has 0 aliphatic carbocycles. The van der Waals surface area contributed by atoms with E-state index in [2.05, 4.69) is 63.1 Å². The van der Waals surface area contributed by atoms with Crippen molar-refractivity contribution in [3.05, 3.63) is 82.6 Å². The summed E-state index contributed by atoms with van der Waals surface area (Å²) in [4.78, 5) is 67.8. The maximum absolute atomic E-state index is 14.0. The lowest BCUT2D eigenvalue weighted by atomic mass is 9.90. The van der Waals surface area contributed by atoms with Gasteiger partial charge in [-0.2, -0.15) is 15.3 Å². The van der Waals surface area contributed by atoms with Crippen LogP contribution in [0.2, 0.25) is 10.2 Å². The van der Waals surface area contributed by atoms with Gasteiger partial charge in [0.25, 0.3) is 0 Å². The Hall–Kier alpha value is -5.65. The molecule has 3 N–H and O–H groups in total. The van der Waals surface area contributed by atoms with Gasteiger partial charge >= 0.3 is 6.03 Å². The fourth-order valence-corrected chi connectivity index (χ4v) is 8.79. The summed E-state index contributed by atoms with van der Waals surface area (Å²) in [6, 6.07) is 10.3. The zero-order valence-electron chi connectivity index (χ0n) is 32.7. The number of carbonyl (C=O) groups is 4. The van der Waals surface area contributed by atoms with E-state index in [1.54, 1.807) is 28.6 Å². The minimum Gasteiger partial charge on any atom is -0.372 e. The van der Waals surface area contributed by atoms with Crippen molar-refractivity contribution in [3.63, 3.8) is 0 Å². The highest BCUT2D eigenvalue weighted by Crippen LogP contribution is 2.33. The quantitative estimate of drug-likeness (QED) is 0.154. The molecular weight excluding hydrogens is 797 g/mol. The van der Waals surface area contributed by atoms with Crippen LogP contribution in [0.25, 0.3) is 11.5 Å². The number of nitrogens with one attached hydrogen (secondary N) is 3. The van der Waals surface area contributed by atoms with Crippen molar-refractivity contribution >= 4 is 69.7 Å². The van der Waals surface area contributed by atoms with Crippen LogP contribution in [0.3, 0.4) is 0 Å². The number of amides is 5. The SMILES string of the molecule is C[C@H](c1c(NC(=O)Nc2cnc(-n3nccn3)c(Cl)c2)cnc2cc(Cl)nn12)N(C)C(=O)C1CCN(CC2CCN(c3ccc(C4CCC(=O)NC4=O)cc3)CC2)CC1. The topological polar surface area (TPSA) is 188 Å².